The van der Waals surface area contributed by atoms with E-state index in [2.05, 4.69) is 11.0 Å². The van der Waals surface area contributed by atoms with Crippen LogP contribution in [0.15, 0.2) is 18.2 Å². The van der Waals surface area contributed by atoms with Gasteiger partial charge in [-0.3, -0.25) is 0 Å². The van der Waals surface area contributed by atoms with Crippen molar-refractivity contribution in [3.63, 3.8) is 0 Å². The van der Waals surface area contributed by atoms with Crippen molar-refractivity contribution in [2.75, 3.05) is 22.9 Å². The molecule has 0 radical (unpaired) electrons. The highest BCUT2D eigenvalue weighted by atomic mass is 15.2. The van der Waals surface area contributed by atoms with Crippen LogP contribution in [0.4, 0.5) is 17.1 Å². The zero-order valence-corrected chi connectivity index (χ0v) is 9.19. The maximum Gasteiger partial charge on any atom is 0.0640 e. The third kappa shape index (κ3) is 2.19. The van der Waals surface area contributed by atoms with Gasteiger partial charge >= 0.3 is 0 Å². The van der Waals surface area contributed by atoms with Gasteiger partial charge in [0.05, 0.1) is 23.9 Å². The Hall–Kier alpha value is -1.89. The van der Waals surface area contributed by atoms with E-state index in [0.29, 0.717) is 23.8 Å². The lowest BCUT2D eigenvalue weighted by Crippen LogP contribution is -2.26. The Morgan fingerprint density at radius 2 is 2.06 bits per heavy atom. The molecular weight excluding hydrogens is 200 g/mol. The fourth-order valence-corrected chi connectivity index (χ4v) is 1.82. The van der Waals surface area contributed by atoms with E-state index in [1.165, 1.54) is 12.8 Å². The van der Waals surface area contributed by atoms with Gasteiger partial charge in [0.15, 0.2) is 0 Å². The van der Waals surface area contributed by atoms with Crippen molar-refractivity contribution < 1.29 is 0 Å². The molecule has 16 heavy (non-hydrogen) atoms. The average Bonchev–Trinajstić information content (AvgIpc) is 3.08. The summed E-state index contributed by atoms with van der Waals surface area (Å²) in [6, 6.07) is 8.45. The van der Waals surface area contributed by atoms with Gasteiger partial charge < -0.3 is 16.4 Å². The van der Waals surface area contributed by atoms with Gasteiger partial charge in [-0.2, -0.15) is 5.26 Å². The van der Waals surface area contributed by atoms with Crippen molar-refractivity contribution in [3.8, 4) is 6.07 Å². The SMILES string of the molecule is N#CCCN(c1ccc(N)c(N)c1)C1CC1. The summed E-state index contributed by atoms with van der Waals surface area (Å²) in [6.45, 7) is 0.768. The van der Waals surface area contributed by atoms with E-state index in [1.54, 1.807) is 0 Å². The second-order valence-electron chi connectivity index (χ2n) is 4.15. The minimum Gasteiger partial charge on any atom is -0.397 e. The molecule has 4 heteroatoms. The normalized spacial score (nSPS) is 14.4. The number of rotatable bonds is 4. The van der Waals surface area contributed by atoms with E-state index in [0.717, 1.165) is 12.2 Å². The zero-order valence-electron chi connectivity index (χ0n) is 9.19. The third-order valence-electron chi connectivity index (χ3n) is 2.85. The molecule has 0 amide bonds. The first kappa shape index (κ1) is 10.6. The molecule has 2 rings (SSSR count). The topological polar surface area (TPSA) is 79.1 Å². The molecule has 1 saturated carbocycles. The van der Waals surface area contributed by atoms with Crippen LogP contribution in [0.1, 0.15) is 19.3 Å². The molecule has 1 aromatic carbocycles. The predicted molar refractivity (Wildman–Crippen MR) is 65.9 cm³/mol. The first-order valence-electron chi connectivity index (χ1n) is 5.51. The highest BCUT2D eigenvalue weighted by Crippen LogP contribution is 2.33. The quantitative estimate of drug-likeness (QED) is 0.751. The zero-order chi connectivity index (χ0) is 11.5. The maximum atomic E-state index is 8.64. The van der Waals surface area contributed by atoms with Gasteiger partial charge in [0.1, 0.15) is 0 Å². The molecule has 4 N–H and O–H groups in total. The van der Waals surface area contributed by atoms with E-state index < -0.39 is 0 Å². The van der Waals surface area contributed by atoms with Crippen LogP contribution in [0.3, 0.4) is 0 Å². The van der Waals surface area contributed by atoms with Gasteiger partial charge in [-0.05, 0) is 31.0 Å². The van der Waals surface area contributed by atoms with Gasteiger partial charge in [0, 0.05) is 18.3 Å². The molecule has 1 aliphatic rings. The van der Waals surface area contributed by atoms with Gasteiger partial charge in [-0.15, -0.1) is 0 Å². The number of hydrogen-bond acceptors (Lipinski definition) is 4. The first-order valence-corrected chi connectivity index (χ1v) is 5.51. The molecule has 0 unspecified atom stereocenters. The number of anilines is 3. The van der Waals surface area contributed by atoms with E-state index in [9.17, 15) is 0 Å². The Labute approximate surface area is 95.4 Å². The second-order valence-corrected chi connectivity index (χ2v) is 4.15. The van der Waals surface area contributed by atoms with Crippen molar-refractivity contribution >= 4 is 17.1 Å². The van der Waals surface area contributed by atoms with Crippen LogP contribution in [0.2, 0.25) is 0 Å². The Bertz CT molecular complexity index is 418. The smallest absolute Gasteiger partial charge is 0.0640 e. The lowest BCUT2D eigenvalue weighted by molar-refractivity contribution is 0.793. The van der Waals surface area contributed by atoms with Gasteiger partial charge in [-0.1, -0.05) is 0 Å². The molecule has 1 fully saturated rings. The summed E-state index contributed by atoms with van der Waals surface area (Å²) in [5.41, 5.74) is 13.8. The summed E-state index contributed by atoms with van der Waals surface area (Å²) >= 11 is 0. The van der Waals surface area contributed by atoms with Crippen molar-refractivity contribution in [1.82, 2.24) is 0 Å². The molecular formula is C12H16N4. The summed E-state index contributed by atoms with van der Waals surface area (Å²) in [6.07, 6.45) is 2.95. The van der Waals surface area contributed by atoms with E-state index in [4.69, 9.17) is 16.7 Å². The fraction of sp³-hybridized carbons (Fsp3) is 0.417. The van der Waals surface area contributed by atoms with Gasteiger partial charge in [0.2, 0.25) is 0 Å². The predicted octanol–water partition coefficient (Wildman–Crippen LogP) is 1.73. The Morgan fingerprint density at radius 1 is 1.31 bits per heavy atom. The monoisotopic (exact) mass is 216 g/mol. The van der Waals surface area contributed by atoms with E-state index in [-0.39, 0.29) is 0 Å². The van der Waals surface area contributed by atoms with Crippen LogP contribution >= 0.6 is 0 Å². The van der Waals surface area contributed by atoms with E-state index >= 15 is 0 Å². The minimum absolute atomic E-state index is 0.542. The molecule has 0 aliphatic heterocycles. The molecule has 4 nitrogen and oxygen atoms in total. The Kier molecular flexibility index (Phi) is 2.86. The summed E-state index contributed by atoms with van der Waals surface area (Å²) in [5.74, 6) is 0. The number of nitrogens with zero attached hydrogens (tertiary/aromatic N) is 2. The van der Waals surface area contributed by atoms with Crippen LogP contribution in [0.5, 0.6) is 0 Å². The average molecular weight is 216 g/mol. The standard InChI is InChI=1S/C12H16N4/c13-6-1-7-16(9-2-3-9)10-4-5-11(14)12(15)8-10/h4-5,8-9H,1-3,7,14-15H2. The number of nitrogens with two attached hydrogens (primary N) is 2. The lowest BCUT2D eigenvalue weighted by atomic mass is 10.2. The molecule has 0 atom stereocenters. The number of nitriles is 1. The van der Waals surface area contributed by atoms with E-state index in [1.807, 2.05) is 18.2 Å². The fourth-order valence-electron chi connectivity index (χ4n) is 1.82. The molecule has 0 aromatic heterocycles. The minimum atomic E-state index is 0.542. The molecule has 0 spiro atoms. The van der Waals surface area contributed by atoms with Crippen molar-refractivity contribution in [3.05, 3.63) is 18.2 Å². The first-order chi connectivity index (χ1) is 7.72. The van der Waals surface area contributed by atoms with Gasteiger partial charge in [-0.25, -0.2) is 0 Å². The molecule has 0 heterocycles. The summed E-state index contributed by atoms with van der Waals surface area (Å²) < 4.78 is 0. The van der Waals surface area contributed by atoms with Crippen molar-refractivity contribution in [1.29, 1.82) is 5.26 Å². The third-order valence-corrected chi connectivity index (χ3v) is 2.85. The largest absolute Gasteiger partial charge is 0.397 e. The highest BCUT2D eigenvalue weighted by Gasteiger charge is 2.28. The molecule has 1 aliphatic carbocycles. The van der Waals surface area contributed by atoms with Crippen LogP contribution in [0, 0.1) is 11.3 Å². The Balaban J connectivity index is 2.18. The highest BCUT2D eigenvalue weighted by molar-refractivity contribution is 5.70. The van der Waals surface area contributed by atoms with Crippen molar-refractivity contribution in [2.24, 2.45) is 0 Å². The summed E-state index contributed by atoms with van der Waals surface area (Å²) in [7, 11) is 0. The van der Waals surface area contributed by atoms with Crippen molar-refractivity contribution in [2.45, 2.75) is 25.3 Å². The van der Waals surface area contributed by atoms with Gasteiger partial charge in [0.25, 0.3) is 0 Å². The summed E-state index contributed by atoms with van der Waals surface area (Å²) in [4.78, 5) is 2.25. The lowest BCUT2D eigenvalue weighted by Gasteiger charge is -2.24. The van der Waals surface area contributed by atoms with Crippen LogP contribution in [-0.2, 0) is 0 Å². The molecule has 1 aromatic rings. The maximum absolute atomic E-state index is 8.64. The van der Waals surface area contributed by atoms with Crippen LogP contribution < -0.4 is 16.4 Å². The number of hydrogen-bond donors (Lipinski definition) is 2. The summed E-state index contributed by atoms with van der Waals surface area (Å²) in [5, 5.41) is 8.64. The van der Waals surface area contributed by atoms with Crippen LogP contribution in [-0.4, -0.2) is 12.6 Å². The van der Waals surface area contributed by atoms with Crippen LogP contribution in [0.25, 0.3) is 0 Å². The molecule has 0 saturated heterocycles. The molecule has 84 valence electrons. The Morgan fingerprint density at radius 3 is 2.62 bits per heavy atom. The number of nitrogen functional groups attached to an aromatic ring is 2. The number of benzene rings is 1. The second kappa shape index (κ2) is 4.31. The molecule has 0 bridgehead atoms.